The molecule has 0 amide bonds. The van der Waals surface area contributed by atoms with Crippen molar-refractivity contribution in [2.75, 3.05) is 0 Å². The molecular weight excluding hydrogens is 416 g/mol. The Morgan fingerprint density at radius 1 is 1.26 bits per heavy atom. The van der Waals surface area contributed by atoms with Crippen molar-refractivity contribution in [1.82, 2.24) is 18.8 Å². The van der Waals surface area contributed by atoms with Crippen molar-refractivity contribution in [2.24, 2.45) is 0 Å². The predicted octanol–water partition coefficient (Wildman–Crippen LogP) is 2.55. The van der Waals surface area contributed by atoms with E-state index in [1.165, 1.54) is 0 Å². The Kier molecular flexibility index (Phi) is 2.69. The van der Waals surface area contributed by atoms with Gasteiger partial charge in [-0.2, -0.15) is 0 Å². The minimum absolute atomic E-state index is 0. The van der Waals surface area contributed by atoms with Crippen LogP contribution in [0.25, 0.3) is 22.2 Å². The van der Waals surface area contributed by atoms with Crippen LogP contribution in [0.4, 0.5) is 0 Å². The van der Waals surface area contributed by atoms with Crippen LogP contribution in [0.3, 0.4) is 0 Å². The van der Waals surface area contributed by atoms with Gasteiger partial charge in [0.25, 0.3) is 0 Å². The molecule has 4 aromatic rings. The van der Waals surface area contributed by atoms with E-state index < -0.39 is 0 Å². The number of nitrogens with zero attached hydrogens (tertiary/aromatic N) is 4. The molecule has 4 nitrogen and oxygen atoms in total. The summed E-state index contributed by atoms with van der Waals surface area (Å²) in [6.45, 7) is 4.05. The maximum absolute atomic E-state index is 4.57. The number of benzene rings is 1. The van der Waals surface area contributed by atoms with Crippen LogP contribution in [-0.2, 0) is 20.1 Å². The van der Waals surface area contributed by atoms with Gasteiger partial charge < -0.3 is 8.80 Å². The predicted molar refractivity (Wildman–Crippen MR) is 69.8 cm³/mol. The van der Waals surface area contributed by atoms with E-state index in [1.807, 2.05) is 38.4 Å². The van der Waals surface area contributed by atoms with Crippen LogP contribution < -0.4 is 0 Å². The van der Waals surface area contributed by atoms with Crippen molar-refractivity contribution in [3.05, 3.63) is 48.2 Å². The number of fused-ring (bicyclic) bond motifs is 6. The van der Waals surface area contributed by atoms with E-state index in [1.54, 1.807) is 0 Å². The van der Waals surface area contributed by atoms with Gasteiger partial charge in [0.1, 0.15) is 11.5 Å². The van der Waals surface area contributed by atoms with E-state index in [-0.39, 0.29) is 20.1 Å². The molecule has 0 N–H and O–H groups in total. The van der Waals surface area contributed by atoms with Crippen molar-refractivity contribution >= 4 is 22.2 Å². The SMILES string of the molecule is Cc1nc(C)n2c3ccc[c-]c3c3nccn3c12.[Ir]. The largest absolute Gasteiger partial charge is 0.325 e. The third-order valence-corrected chi connectivity index (χ3v) is 3.36. The molecule has 19 heavy (non-hydrogen) atoms. The molecule has 0 unspecified atom stereocenters. The van der Waals surface area contributed by atoms with E-state index >= 15 is 0 Å². The van der Waals surface area contributed by atoms with Gasteiger partial charge in [0.2, 0.25) is 0 Å². The summed E-state index contributed by atoms with van der Waals surface area (Å²) in [6.07, 6.45) is 3.79. The first kappa shape index (κ1) is 12.3. The molecule has 1 aromatic carbocycles. The van der Waals surface area contributed by atoms with Gasteiger partial charge in [0, 0.05) is 32.5 Å². The fraction of sp³-hybridized carbons (Fsp3) is 0.143. The van der Waals surface area contributed by atoms with Crippen LogP contribution in [0.15, 0.2) is 30.6 Å². The molecule has 0 fully saturated rings. The minimum atomic E-state index is 0. The zero-order valence-corrected chi connectivity index (χ0v) is 12.9. The second-order valence-corrected chi connectivity index (χ2v) is 4.45. The molecule has 0 bridgehead atoms. The maximum atomic E-state index is 4.57. The molecule has 0 aliphatic carbocycles. The second kappa shape index (κ2) is 4.15. The number of rotatable bonds is 0. The third-order valence-electron chi connectivity index (χ3n) is 3.36. The summed E-state index contributed by atoms with van der Waals surface area (Å²) in [5.74, 6) is 0.989. The van der Waals surface area contributed by atoms with Gasteiger partial charge in [-0.25, -0.2) is 4.98 Å². The number of hydrogen-bond donors (Lipinski definition) is 0. The number of imidazole rings is 2. The Hall–Kier alpha value is -1.71. The Balaban J connectivity index is 0.00000110. The van der Waals surface area contributed by atoms with Gasteiger partial charge in [-0.1, -0.05) is 5.39 Å². The van der Waals surface area contributed by atoms with Crippen LogP contribution in [0.5, 0.6) is 0 Å². The summed E-state index contributed by atoms with van der Waals surface area (Å²) in [5.41, 5.74) is 4.12. The van der Waals surface area contributed by atoms with Crippen LogP contribution in [0.2, 0.25) is 0 Å². The van der Waals surface area contributed by atoms with Crippen LogP contribution in [0, 0.1) is 19.9 Å². The Labute approximate surface area is 123 Å². The normalized spacial score (nSPS) is 11.3. The number of aryl methyl sites for hydroxylation is 2. The molecule has 4 rings (SSSR count). The van der Waals surface area contributed by atoms with Gasteiger partial charge in [0.05, 0.1) is 11.3 Å². The summed E-state index contributed by atoms with van der Waals surface area (Å²) in [7, 11) is 0. The van der Waals surface area contributed by atoms with E-state index in [0.29, 0.717) is 0 Å². The summed E-state index contributed by atoms with van der Waals surface area (Å²) in [5, 5.41) is 1.02. The van der Waals surface area contributed by atoms with E-state index in [0.717, 1.165) is 33.7 Å². The topological polar surface area (TPSA) is 34.6 Å². The summed E-state index contributed by atoms with van der Waals surface area (Å²) in [6, 6.07) is 9.28. The molecule has 97 valence electrons. The summed E-state index contributed by atoms with van der Waals surface area (Å²) < 4.78 is 4.24. The molecule has 0 atom stereocenters. The van der Waals surface area contributed by atoms with Crippen molar-refractivity contribution in [2.45, 2.75) is 13.8 Å². The minimum Gasteiger partial charge on any atom is -0.325 e. The monoisotopic (exact) mass is 428 g/mol. The van der Waals surface area contributed by atoms with Crippen molar-refractivity contribution in [1.29, 1.82) is 0 Å². The van der Waals surface area contributed by atoms with E-state index in [9.17, 15) is 0 Å². The zero-order chi connectivity index (χ0) is 12.3. The number of aromatic nitrogens is 4. The van der Waals surface area contributed by atoms with Gasteiger partial charge in [-0.05, 0) is 19.4 Å². The molecule has 0 aliphatic rings. The first-order valence-electron chi connectivity index (χ1n) is 5.88. The van der Waals surface area contributed by atoms with Crippen LogP contribution in [-0.4, -0.2) is 18.8 Å². The molecule has 1 radical (unpaired) electrons. The Morgan fingerprint density at radius 2 is 2.11 bits per heavy atom. The molecule has 3 heterocycles. The molecule has 0 saturated heterocycles. The van der Waals surface area contributed by atoms with Crippen molar-refractivity contribution < 1.29 is 20.1 Å². The fourth-order valence-electron chi connectivity index (χ4n) is 2.68. The second-order valence-electron chi connectivity index (χ2n) is 4.45. The zero-order valence-electron chi connectivity index (χ0n) is 10.5. The van der Waals surface area contributed by atoms with Crippen molar-refractivity contribution in [3.63, 3.8) is 0 Å². The standard InChI is InChI=1S/C14H11N4.Ir/c1-9-14-17-8-7-15-13(17)11-5-3-4-6-12(11)18(14)10(2)16-9;/h3-4,6-8H,1-2H3;/q-1;. The fourth-order valence-corrected chi connectivity index (χ4v) is 2.68. The van der Waals surface area contributed by atoms with Crippen LogP contribution >= 0.6 is 0 Å². The summed E-state index contributed by atoms with van der Waals surface area (Å²) in [4.78, 5) is 9.01. The average molecular weight is 427 g/mol. The quantitative estimate of drug-likeness (QED) is 0.405. The van der Waals surface area contributed by atoms with E-state index in [4.69, 9.17) is 0 Å². The van der Waals surface area contributed by atoms with E-state index in [2.05, 4.69) is 30.9 Å². The molecule has 0 saturated carbocycles. The molecule has 0 spiro atoms. The maximum Gasteiger partial charge on any atom is 0.129 e. The molecule has 0 aliphatic heterocycles. The molecular formula is C14H11IrN4-. The van der Waals surface area contributed by atoms with Crippen molar-refractivity contribution in [3.8, 4) is 0 Å². The van der Waals surface area contributed by atoms with Gasteiger partial charge >= 0.3 is 0 Å². The molecule has 3 aromatic heterocycles. The average Bonchev–Trinajstić information content (AvgIpc) is 2.95. The first-order chi connectivity index (χ1) is 8.77. The third kappa shape index (κ3) is 1.49. The Bertz CT molecular complexity index is 904. The summed E-state index contributed by atoms with van der Waals surface area (Å²) >= 11 is 0. The first-order valence-corrected chi connectivity index (χ1v) is 5.88. The van der Waals surface area contributed by atoms with Gasteiger partial charge in [-0.3, -0.25) is 4.98 Å². The van der Waals surface area contributed by atoms with Crippen LogP contribution in [0.1, 0.15) is 11.5 Å². The van der Waals surface area contributed by atoms with Gasteiger partial charge in [-0.15, -0.1) is 24.3 Å². The van der Waals surface area contributed by atoms with Gasteiger partial charge in [0.15, 0.2) is 0 Å². The smallest absolute Gasteiger partial charge is 0.129 e. The molecule has 5 heteroatoms. The Morgan fingerprint density at radius 3 is 2.95 bits per heavy atom. The number of hydrogen-bond acceptors (Lipinski definition) is 2.